The summed E-state index contributed by atoms with van der Waals surface area (Å²) in [7, 11) is 0. The van der Waals surface area contributed by atoms with Crippen molar-refractivity contribution in [2.24, 2.45) is 0 Å². The van der Waals surface area contributed by atoms with E-state index in [1.807, 2.05) is 12.1 Å². The number of nitrogens with one attached hydrogen (secondary N) is 1. The van der Waals surface area contributed by atoms with Gasteiger partial charge in [0.2, 0.25) is 0 Å². The third-order valence-electron chi connectivity index (χ3n) is 4.83. The zero-order chi connectivity index (χ0) is 19.5. The molecule has 2 aromatic carbocycles. The van der Waals surface area contributed by atoms with E-state index in [0.29, 0.717) is 30.7 Å². The van der Waals surface area contributed by atoms with Gasteiger partial charge in [0, 0.05) is 24.3 Å². The van der Waals surface area contributed by atoms with Crippen molar-refractivity contribution in [2.45, 2.75) is 6.54 Å². The molecule has 0 unspecified atom stereocenters. The fraction of sp³-hybridized carbons (Fsp3) is 0.250. The highest BCUT2D eigenvalue weighted by Crippen LogP contribution is 2.18. The third kappa shape index (κ3) is 3.60. The normalized spacial score (nSPS) is 14.2. The smallest absolute Gasteiger partial charge is 0.274 e. The van der Waals surface area contributed by atoms with Crippen LogP contribution in [0.25, 0.3) is 10.9 Å². The van der Waals surface area contributed by atoms with Gasteiger partial charge in [0.25, 0.3) is 11.5 Å². The number of amides is 1. The third-order valence-corrected chi connectivity index (χ3v) is 4.83. The van der Waals surface area contributed by atoms with Crippen LogP contribution in [0.15, 0.2) is 53.6 Å². The summed E-state index contributed by atoms with van der Waals surface area (Å²) in [5.74, 6) is -0.671. The van der Waals surface area contributed by atoms with Crippen LogP contribution in [0.2, 0.25) is 0 Å². The fourth-order valence-electron chi connectivity index (χ4n) is 3.35. The molecule has 0 atom stereocenters. The second-order valence-corrected chi connectivity index (χ2v) is 6.62. The van der Waals surface area contributed by atoms with E-state index in [-0.39, 0.29) is 11.1 Å². The van der Waals surface area contributed by atoms with Crippen LogP contribution in [-0.2, 0) is 11.3 Å². The van der Waals surface area contributed by atoms with Crippen molar-refractivity contribution in [3.63, 3.8) is 0 Å². The number of rotatable bonds is 4. The number of nitrogens with zero attached hydrogens (tertiary/aromatic N) is 3. The number of anilines is 1. The minimum Gasteiger partial charge on any atom is -0.378 e. The minimum absolute atomic E-state index is 0.195. The SMILES string of the molecule is O=C(NO)c1ccc2ncn(Cc3cccc(N4CCOCC4)c3)c(=O)c2c1. The molecule has 1 fully saturated rings. The van der Waals surface area contributed by atoms with E-state index in [1.54, 1.807) is 11.5 Å². The summed E-state index contributed by atoms with van der Waals surface area (Å²) in [6, 6.07) is 12.6. The Morgan fingerprint density at radius 3 is 2.79 bits per heavy atom. The van der Waals surface area contributed by atoms with Gasteiger partial charge in [0.05, 0.1) is 37.0 Å². The largest absolute Gasteiger partial charge is 0.378 e. The number of aromatic nitrogens is 2. The molecule has 8 heteroatoms. The molecule has 28 heavy (non-hydrogen) atoms. The van der Waals surface area contributed by atoms with E-state index in [1.165, 1.54) is 23.0 Å². The molecule has 1 aromatic heterocycles. The first-order chi connectivity index (χ1) is 13.7. The van der Waals surface area contributed by atoms with Crippen molar-refractivity contribution >= 4 is 22.5 Å². The fourth-order valence-corrected chi connectivity index (χ4v) is 3.35. The molecule has 0 aliphatic carbocycles. The van der Waals surface area contributed by atoms with Gasteiger partial charge in [-0.25, -0.2) is 10.5 Å². The number of morpholine rings is 1. The molecule has 4 rings (SSSR count). The Hall–Kier alpha value is -3.23. The van der Waals surface area contributed by atoms with Crippen LogP contribution in [0.4, 0.5) is 5.69 Å². The van der Waals surface area contributed by atoms with Crippen LogP contribution >= 0.6 is 0 Å². The molecule has 0 saturated carbocycles. The van der Waals surface area contributed by atoms with Crippen LogP contribution in [0.5, 0.6) is 0 Å². The lowest BCUT2D eigenvalue weighted by molar-refractivity contribution is 0.0706. The molecule has 2 heterocycles. The van der Waals surface area contributed by atoms with Gasteiger partial charge in [-0.1, -0.05) is 12.1 Å². The van der Waals surface area contributed by atoms with E-state index in [9.17, 15) is 9.59 Å². The maximum atomic E-state index is 12.9. The maximum Gasteiger partial charge on any atom is 0.274 e. The van der Waals surface area contributed by atoms with Gasteiger partial charge in [-0.15, -0.1) is 0 Å². The molecule has 0 spiro atoms. The highest BCUT2D eigenvalue weighted by atomic mass is 16.5. The molecule has 0 bridgehead atoms. The molecule has 0 radical (unpaired) electrons. The quantitative estimate of drug-likeness (QED) is 0.525. The average molecular weight is 380 g/mol. The molecule has 8 nitrogen and oxygen atoms in total. The van der Waals surface area contributed by atoms with Gasteiger partial charge in [-0.3, -0.25) is 19.4 Å². The number of carbonyl (C=O) groups excluding carboxylic acids is 1. The summed E-state index contributed by atoms with van der Waals surface area (Å²) in [5, 5.41) is 9.13. The van der Waals surface area contributed by atoms with Gasteiger partial charge >= 0.3 is 0 Å². The molecular weight excluding hydrogens is 360 g/mol. The first-order valence-electron chi connectivity index (χ1n) is 9.01. The number of ether oxygens (including phenoxy) is 1. The molecule has 1 saturated heterocycles. The first kappa shape index (κ1) is 18.1. The summed E-state index contributed by atoms with van der Waals surface area (Å²) in [6.07, 6.45) is 1.51. The van der Waals surface area contributed by atoms with E-state index >= 15 is 0 Å². The summed E-state index contributed by atoms with van der Waals surface area (Å²) in [6.45, 7) is 3.48. The van der Waals surface area contributed by atoms with Crippen molar-refractivity contribution in [2.75, 3.05) is 31.2 Å². The number of hydrogen-bond donors (Lipinski definition) is 2. The lowest BCUT2D eigenvalue weighted by atomic mass is 10.1. The van der Waals surface area contributed by atoms with Gasteiger partial charge in [0.1, 0.15) is 0 Å². The topological polar surface area (TPSA) is 96.7 Å². The van der Waals surface area contributed by atoms with Crippen LogP contribution in [0.1, 0.15) is 15.9 Å². The Morgan fingerprint density at radius 1 is 1.18 bits per heavy atom. The van der Waals surface area contributed by atoms with Gasteiger partial charge in [-0.2, -0.15) is 0 Å². The van der Waals surface area contributed by atoms with Crippen LogP contribution < -0.4 is 15.9 Å². The minimum atomic E-state index is -0.671. The number of carbonyl (C=O) groups is 1. The predicted octanol–water partition coefficient (Wildman–Crippen LogP) is 1.40. The van der Waals surface area contributed by atoms with E-state index in [0.717, 1.165) is 24.3 Å². The average Bonchev–Trinajstić information content (AvgIpc) is 2.76. The molecule has 1 amide bonds. The molecule has 1 aliphatic rings. The molecule has 2 N–H and O–H groups in total. The second-order valence-electron chi connectivity index (χ2n) is 6.62. The summed E-state index contributed by atoms with van der Waals surface area (Å²) in [4.78, 5) is 31.1. The Morgan fingerprint density at radius 2 is 2.00 bits per heavy atom. The summed E-state index contributed by atoms with van der Waals surface area (Å²) < 4.78 is 6.91. The van der Waals surface area contributed by atoms with Crippen LogP contribution in [-0.4, -0.2) is 47.0 Å². The van der Waals surface area contributed by atoms with Crippen molar-refractivity contribution in [3.05, 3.63) is 70.3 Å². The van der Waals surface area contributed by atoms with Crippen molar-refractivity contribution in [1.29, 1.82) is 0 Å². The summed E-state index contributed by atoms with van der Waals surface area (Å²) >= 11 is 0. The predicted molar refractivity (Wildman–Crippen MR) is 104 cm³/mol. The van der Waals surface area contributed by atoms with Crippen LogP contribution in [0.3, 0.4) is 0 Å². The molecule has 144 valence electrons. The zero-order valence-corrected chi connectivity index (χ0v) is 15.2. The highest BCUT2D eigenvalue weighted by molar-refractivity contribution is 5.97. The summed E-state index contributed by atoms with van der Waals surface area (Å²) in [5.41, 5.74) is 4.11. The van der Waals surface area contributed by atoms with E-state index in [2.05, 4.69) is 22.0 Å². The lowest BCUT2D eigenvalue weighted by Crippen LogP contribution is -2.36. The van der Waals surface area contributed by atoms with Crippen molar-refractivity contribution < 1.29 is 14.7 Å². The van der Waals surface area contributed by atoms with Gasteiger partial charge in [-0.05, 0) is 35.9 Å². The number of hydrogen-bond acceptors (Lipinski definition) is 6. The molecular formula is C20H20N4O4. The Bertz CT molecular complexity index is 1070. The Labute approximate surface area is 160 Å². The van der Waals surface area contributed by atoms with Gasteiger partial charge < -0.3 is 9.64 Å². The van der Waals surface area contributed by atoms with Gasteiger partial charge in [0.15, 0.2) is 0 Å². The number of hydroxylamine groups is 1. The van der Waals surface area contributed by atoms with E-state index < -0.39 is 5.91 Å². The Kier molecular flexibility index (Phi) is 5.05. The monoisotopic (exact) mass is 380 g/mol. The van der Waals surface area contributed by atoms with E-state index in [4.69, 9.17) is 9.94 Å². The standard InChI is InChI=1S/C20H20N4O4/c25-19(22-27)15-4-5-18-17(11-15)20(26)24(13-21-18)12-14-2-1-3-16(10-14)23-6-8-28-9-7-23/h1-5,10-11,13,27H,6-9,12H2,(H,22,25). The lowest BCUT2D eigenvalue weighted by Gasteiger charge is -2.29. The number of benzene rings is 2. The highest BCUT2D eigenvalue weighted by Gasteiger charge is 2.13. The molecule has 1 aliphatic heterocycles. The van der Waals surface area contributed by atoms with Crippen LogP contribution in [0, 0.1) is 0 Å². The first-order valence-corrected chi connectivity index (χ1v) is 9.01. The maximum absolute atomic E-state index is 12.9. The zero-order valence-electron chi connectivity index (χ0n) is 15.2. The van der Waals surface area contributed by atoms with Crippen molar-refractivity contribution in [3.8, 4) is 0 Å². The number of fused-ring (bicyclic) bond motifs is 1. The van der Waals surface area contributed by atoms with Crippen molar-refractivity contribution in [1.82, 2.24) is 15.0 Å². The molecule has 3 aromatic rings. The second kappa shape index (κ2) is 7.79. The Balaban J connectivity index is 1.65.